The molecule has 21 heavy (non-hydrogen) atoms. The molecule has 0 spiro atoms. The Hall–Kier alpha value is -0.890. The van der Waals surface area contributed by atoms with Crippen molar-refractivity contribution in [2.75, 3.05) is 26.8 Å². The maximum atomic E-state index is 12.1. The van der Waals surface area contributed by atoms with Crippen LogP contribution in [-0.2, 0) is 21.3 Å². The van der Waals surface area contributed by atoms with E-state index in [0.29, 0.717) is 37.9 Å². The third-order valence-electron chi connectivity index (χ3n) is 3.92. The normalized spacial score (nSPS) is 20.6. The zero-order valence-corrected chi connectivity index (χ0v) is 13.6. The van der Waals surface area contributed by atoms with E-state index in [1.807, 2.05) is 0 Å². The number of furan rings is 1. The van der Waals surface area contributed by atoms with Crippen LogP contribution in [0.5, 0.6) is 0 Å². The number of methoxy groups -OCH3 is 1. The molecule has 2 rings (SSSR count). The first-order valence-corrected chi connectivity index (χ1v) is 8.61. The van der Waals surface area contributed by atoms with Crippen LogP contribution >= 0.6 is 0 Å². The Morgan fingerprint density at radius 1 is 1.43 bits per heavy atom. The van der Waals surface area contributed by atoms with E-state index in [1.165, 1.54) is 6.07 Å². The molecule has 1 fully saturated rings. The molecule has 0 amide bonds. The first-order chi connectivity index (χ1) is 9.85. The maximum absolute atomic E-state index is 12.1. The van der Waals surface area contributed by atoms with Gasteiger partial charge in [-0.05, 0) is 29.9 Å². The Labute approximate surface area is 126 Å². The fourth-order valence-corrected chi connectivity index (χ4v) is 3.22. The van der Waals surface area contributed by atoms with Crippen molar-refractivity contribution >= 4 is 10.0 Å². The number of nitrogens with one attached hydrogen (secondary N) is 2. The summed E-state index contributed by atoms with van der Waals surface area (Å²) in [5.74, 6) is 1.01. The predicted molar refractivity (Wildman–Crippen MR) is 79.4 cm³/mol. The van der Waals surface area contributed by atoms with Gasteiger partial charge in [0.1, 0.15) is 5.76 Å². The average molecular weight is 316 g/mol. The van der Waals surface area contributed by atoms with Gasteiger partial charge in [-0.2, -0.15) is 0 Å². The highest BCUT2D eigenvalue weighted by atomic mass is 32.2. The molecule has 1 aromatic rings. The molecular formula is C14H24N2O4S. The molecular weight excluding hydrogens is 292 g/mol. The largest absolute Gasteiger partial charge is 0.447 e. The Morgan fingerprint density at radius 2 is 2.14 bits per heavy atom. The lowest BCUT2D eigenvalue weighted by molar-refractivity contribution is 0.198. The Bertz CT molecular complexity index is 565. The highest BCUT2D eigenvalue weighted by Crippen LogP contribution is 2.51. The minimum Gasteiger partial charge on any atom is -0.447 e. The van der Waals surface area contributed by atoms with Crippen LogP contribution in [0.15, 0.2) is 21.6 Å². The molecule has 0 bridgehead atoms. The van der Waals surface area contributed by atoms with E-state index in [2.05, 4.69) is 23.9 Å². The van der Waals surface area contributed by atoms with Gasteiger partial charge in [0.05, 0.1) is 13.2 Å². The summed E-state index contributed by atoms with van der Waals surface area (Å²) in [5.41, 5.74) is 0.252. The second-order valence-electron chi connectivity index (χ2n) is 6.13. The lowest BCUT2D eigenvalue weighted by atomic mass is 10.1. The molecule has 7 heteroatoms. The molecule has 0 aromatic carbocycles. The van der Waals surface area contributed by atoms with Gasteiger partial charge in [0, 0.05) is 20.2 Å². The topological polar surface area (TPSA) is 80.6 Å². The molecule has 1 atom stereocenters. The number of ether oxygens (including phenoxy) is 1. The molecule has 2 N–H and O–H groups in total. The zero-order valence-electron chi connectivity index (χ0n) is 12.8. The van der Waals surface area contributed by atoms with Gasteiger partial charge in [-0.25, -0.2) is 13.1 Å². The molecule has 1 heterocycles. The van der Waals surface area contributed by atoms with Gasteiger partial charge in [-0.3, -0.25) is 0 Å². The second-order valence-corrected chi connectivity index (χ2v) is 7.83. The van der Waals surface area contributed by atoms with Crippen LogP contribution in [0.3, 0.4) is 0 Å². The van der Waals surface area contributed by atoms with E-state index in [4.69, 9.17) is 9.15 Å². The van der Waals surface area contributed by atoms with Gasteiger partial charge in [-0.15, -0.1) is 0 Å². The van der Waals surface area contributed by atoms with Gasteiger partial charge in [0.25, 0.3) is 10.0 Å². The fraction of sp³-hybridized carbons (Fsp3) is 0.714. The molecule has 6 nitrogen and oxygen atoms in total. The summed E-state index contributed by atoms with van der Waals surface area (Å²) in [7, 11) is -1.92. The van der Waals surface area contributed by atoms with Gasteiger partial charge in [0.15, 0.2) is 0 Å². The molecule has 0 radical (unpaired) electrons. The summed E-state index contributed by atoms with van der Waals surface area (Å²) in [4.78, 5) is 0. The maximum Gasteiger partial charge on any atom is 0.273 e. The van der Waals surface area contributed by atoms with Crippen LogP contribution in [0, 0.1) is 11.3 Å². The van der Waals surface area contributed by atoms with E-state index in [0.717, 1.165) is 6.42 Å². The summed E-state index contributed by atoms with van der Waals surface area (Å²) in [6.07, 6.45) is 1.06. The van der Waals surface area contributed by atoms with Gasteiger partial charge in [0.2, 0.25) is 5.09 Å². The van der Waals surface area contributed by atoms with Crippen molar-refractivity contribution in [1.82, 2.24) is 10.0 Å². The first-order valence-electron chi connectivity index (χ1n) is 7.13. The Balaban J connectivity index is 1.84. The molecule has 1 saturated carbocycles. The Kier molecular flexibility index (Phi) is 5.08. The monoisotopic (exact) mass is 316 g/mol. The van der Waals surface area contributed by atoms with Crippen molar-refractivity contribution in [1.29, 1.82) is 0 Å². The second kappa shape index (κ2) is 6.48. The van der Waals surface area contributed by atoms with Gasteiger partial charge >= 0.3 is 0 Å². The smallest absolute Gasteiger partial charge is 0.273 e. The highest BCUT2D eigenvalue weighted by molar-refractivity contribution is 7.89. The minimum atomic E-state index is -3.55. The van der Waals surface area contributed by atoms with E-state index in [-0.39, 0.29) is 10.5 Å². The van der Waals surface area contributed by atoms with Crippen LogP contribution in [0.25, 0.3) is 0 Å². The van der Waals surface area contributed by atoms with E-state index >= 15 is 0 Å². The summed E-state index contributed by atoms with van der Waals surface area (Å²) >= 11 is 0. The molecule has 1 unspecified atom stereocenters. The zero-order chi connectivity index (χ0) is 15.5. The molecule has 0 saturated heterocycles. The van der Waals surface area contributed by atoms with Crippen molar-refractivity contribution in [2.24, 2.45) is 11.3 Å². The number of rotatable bonds is 9. The van der Waals surface area contributed by atoms with Crippen molar-refractivity contribution < 1.29 is 17.6 Å². The van der Waals surface area contributed by atoms with Gasteiger partial charge in [-0.1, -0.05) is 13.8 Å². The number of sulfonamides is 1. The third kappa shape index (κ3) is 4.54. The average Bonchev–Trinajstić information content (AvgIpc) is 2.84. The van der Waals surface area contributed by atoms with Crippen molar-refractivity contribution in [3.8, 4) is 0 Å². The summed E-state index contributed by atoms with van der Waals surface area (Å²) in [6, 6.07) is 3.17. The highest BCUT2D eigenvalue weighted by Gasteiger charge is 2.45. The minimum absolute atomic E-state index is 0.0236. The van der Waals surface area contributed by atoms with Crippen LogP contribution in [0.2, 0.25) is 0 Å². The van der Waals surface area contributed by atoms with Crippen LogP contribution < -0.4 is 10.0 Å². The van der Waals surface area contributed by atoms with E-state index < -0.39 is 10.0 Å². The van der Waals surface area contributed by atoms with Crippen molar-refractivity contribution in [2.45, 2.75) is 31.9 Å². The summed E-state index contributed by atoms with van der Waals surface area (Å²) in [5, 5.41) is 3.08. The standard InChI is InChI=1S/C14H24N2O4S/c1-14(2)8-11(14)9-16-21(17,18)13-5-4-12(20-13)10-15-6-7-19-3/h4-5,11,15-16H,6-10H2,1-3H3. The summed E-state index contributed by atoms with van der Waals surface area (Å²) in [6.45, 7) is 6.52. The Morgan fingerprint density at radius 3 is 2.76 bits per heavy atom. The SMILES string of the molecule is COCCNCc1ccc(S(=O)(=O)NCC2CC2(C)C)o1. The lowest BCUT2D eigenvalue weighted by Crippen LogP contribution is -2.26. The first kappa shape index (κ1) is 16.5. The predicted octanol–water partition coefficient (Wildman–Crippen LogP) is 1.34. The molecule has 1 aliphatic rings. The van der Waals surface area contributed by atoms with E-state index in [9.17, 15) is 8.42 Å². The summed E-state index contributed by atoms with van der Waals surface area (Å²) < 4.78 is 37.2. The fourth-order valence-electron chi connectivity index (χ4n) is 2.19. The molecule has 1 aliphatic carbocycles. The van der Waals surface area contributed by atoms with Crippen LogP contribution in [-0.4, -0.2) is 35.2 Å². The molecule has 120 valence electrons. The van der Waals surface area contributed by atoms with Crippen molar-refractivity contribution in [3.63, 3.8) is 0 Å². The van der Waals surface area contributed by atoms with Gasteiger partial charge < -0.3 is 14.5 Å². The van der Waals surface area contributed by atoms with Crippen molar-refractivity contribution in [3.05, 3.63) is 17.9 Å². The van der Waals surface area contributed by atoms with Crippen LogP contribution in [0.4, 0.5) is 0 Å². The molecule has 0 aliphatic heterocycles. The number of hydrogen-bond acceptors (Lipinski definition) is 5. The quantitative estimate of drug-likeness (QED) is 0.672. The third-order valence-corrected chi connectivity index (χ3v) is 5.22. The van der Waals surface area contributed by atoms with E-state index in [1.54, 1.807) is 13.2 Å². The number of hydrogen-bond donors (Lipinski definition) is 2. The lowest BCUT2D eigenvalue weighted by Gasteiger charge is -2.06. The molecule has 1 aromatic heterocycles. The van der Waals surface area contributed by atoms with Crippen LogP contribution in [0.1, 0.15) is 26.0 Å².